The van der Waals surface area contributed by atoms with Crippen molar-refractivity contribution in [2.45, 2.75) is 44.4 Å². The van der Waals surface area contributed by atoms with E-state index in [0.29, 0.717) is 12.8 Å². The summed E-state index contributed by atoms with van der Waals surface area (Å²) in [6.07, 6.45) is -1.60. The lowest BCUT2D eigenvalue weighted by Gasteiger charge is -2.19. The number of rotatable bonds is 13. The number of Topliss-reactive ketones (excluding diaryl/α,β-unsaturated/α-hetero) is 1. The van der Waals surface area contributed by atoms with Crippen LogP contribution in [-0.2, 0) is 32.1 Å². The number of carbonyl (C=O) groups excluding carboxylic acids is 4. The largest absolute Gasteiger partial charge is 0.445 e. The second-order valence-electron chi connectivity index (χ2n) is 7.44. The zero-order valence-electron chi connectivity index (χ0n) is 18.2. The molecule has 2 atom stereocenters. The SMILES string of the molecule is NC(=O)C(O)C(=O)[C@H](CCc1ccccc1)NC(=O)CCCNC(=O)OCc1ccccc1. The maximum atomic E-state index is 12.4. The van der Waals surface area contributed by atoms with Gasteiger partial charge < -0.3 is 26.2 Å². The maximum absolute atomic E-state index is 12.4. The fourth-order valence-corrected chi connectivity index (χ4v) is 3.05. The molecule has 0 fully saturated rings. The van der Waals surface area contributed by atoms with Crippen molar-refractivity contribution < 1.29 is 29.0 Å². The Kier molecular flexibility index (Phi) is 10.6. The molecule has 0 saturated heterocycles. The van der Waals surface area contributed by atoms with Crippen LogP contribution >= 0.6 is 0 Å². The maximum Gasteiger partial charge on any atom is 0.407 e. The Morgan fingerprint density at radius 3 is 2.15 bits per heavy atom. The third-order valence-electron chi connectivity index (χ3n) is 4.84. The van der Waals surface area contributed by atoms with Gasteiger partial charge in [0.05, 0.1) is 6.04 Å². The third kappa shape index (κ3) is 9.53. The summed E-state index contributed by atoms with van der Waals surface area (Å²) in [4.78, 5) is 47.7. The first-order valence-electron chi connectivity index (χ1n) is 10.7. The van der Waals surface area contributed by atoms with Crippen LogP contribution in [0.3, 0.4) is 0 Å². The molecular weight excluding hydrogens is 426 g/mol. The van der Waals surface area contributed by atoms with E-state index >= 15 is 0 Å². The highest BCUT2D eigenvalue weighted by atomic mass is 16.5. The number of nitrogens with one attached hydrogen (secondary N) is 2. The van der Waals surface area contributed by atoms with Crippen LogP contribution in [0.2, 0.25) is 0 Å². The van der Waals surface area contributed by atoms with Gasteiger partial charge in [-0.25, -0.2) is 4.79 Å². The number of primary amides is 1. The molecule has 9 heteroatoms. The van der Waals surface area contributed by atoms with Crippen molar-refractivity contribution in [3.05, 3.63) is 71.8 Å². The van der Waals surface area contributed by atoms with Crippen molar-refractivity contribution in [2.24, 2.45) is 5.73 Å². The molecule has 176 valence electrons. The van der Waals surface area contributed by atoms with Gasteiger partial charge in [-0.1, -0.05) is 60.7 Å². The second-order valence-corrected chi connectivity index (χ2v) is 7.44. The number of nitrogens with two attached hydrogens (primary N) is 1. The van der Waals surface area contributed by atoms with E-state index in [1.807, 2.05) is 60.7 Å². The van der Waals surface area contributed by atoms with Crippen LogP contribution in [-0.4, -0.2) is 47.5 Å². The van der Waals surface area contributed by atoms with Crippen LogP contribution in [0.25, 0.3) is 0 Å². The number of aliphatic hydroxyl groups is 1. The number of aliphatic hydroxyl groups excluding tert-OH is 1. The summed E-state index contributed by atoms with van der Waals surface area (Å²) < 4.78 is 5.09. The molecular formula is C24H29N3O6. The summed E-state index contributed by atoms with van der Waals surface area (Å²) in [5.41, 5.74) is 6.83. The number of ketones is 1. The van der Waals surface area contributed by atoms with Gasteiger partial charge in [0.1, 0.15) is 6.61 Å². The average molecular weight is 456 g/mol. The lowest BCUT2D eigenvalue weighted by Crippen LogP contribution is -2.49. The zero-order valence-corrected chi connectivity index (χ0v) is 18.2. The monoisotopic (exact) mass is 455 g/mol. The summed E-state index contributed by atoms with van der Waals surface area (Å²) in [5.74, 6) is -2.47. The molecule has 0 aliphatic heterocycles. The predicted octanol–water partition coefficient (Wildman–Crippen LogP) is 1.23. The highest BCUT2D eigenvalue weighted by molar-refractivity contribution is 6.06. The quantitative estimate of drug-likeness (QED) is 0.264. The molecule has 33 heavy (non-hydrogen) atoms. The smallest absolute Gasteiger partial charge is 0.407 e. The first-order chi connectivity index (χ1) is 15.9. The number of benzene rings is 2. The standard InChI is InChI=1S/C24H29N3O6/c25-23(31)22(30)21(29)19(14-13-17-8-3-1-4-9-17)27-20(28)12-7-15-26-24(32)33-16-18-10-5-2-6-11-18/h1-6,8-11,19,22,30H,7,12-16H2,(H2,25,31)(H,26,32)(H,27,28)/t19-,22?/m0/s1. The first kappa shape index (κ1) is 25.5. The average Bonchev–Trinajstić information content (AvgIpc) is 2.83. The zero-order chi connectivity index (χ0) is 24.1. The highest BCUT2D eigenvalue weighted by Crippen LogP contribution is 2.08. The molecule has 2 rings (SSSR count). The Bertz CT molecular complexity index is 920. The molecule has 0 spiro atoms. The van der Waals surface area contributed by atoms with Crippen LogP contribution in [0.4, 0.5) is 4.79 Å². The number of hydrogen-bond acceptors (Lipinski definition) is 6. The molecule has 0 heterocycles. The van der Waals surface area contributed by atoms with Gasteiger partial charge in [-0.15, -0.1) is 0 Å². The van der Waals surface area contributed by atoms with Gasteiger partial charge in [-0.05, 0) is 30.4 Å². The lowest BCUT2D eigenvalue weighted by molar-refractivity contribution is -0.140. The van der Waals surface area contributed by atoms with E-state index in [2.05, 4.69) is 10.6 Å². The van der Waals surface area contributed by atoms with E-state index in [1.54, 1.807) is 0 Å². The van der Waals surface area contributed by atoms with E-state index in [0.717, 1.165) is 11.1 Å². The summed E-state index contributed by atoms with van der Waals surface area (Å²) >= 11 is 0. The summed E-state index contributed by atoms with van der Waals surface area (Å²) in [6.45, 7) is 0.341. The summed E-state index contributed by atoms with van der Waals surface area (Å²) in [6, 6.07) is 17.5. The van der Waals surface area contributed by atoms with E-state index in [9.17, 15) is 24.3 Å². The molecule has 5 N–H and O–H groups in total. The molecule has 0 aliphatic carbocycles. The van der Waals surface area contributed by atoms with Crippen molar-refractivity contribution in [3.8, 4) is 0 Å². The molecule has 0 saturated carbocycles. The van der Waals surface area contributed by atoms with Crippen molar-refractivity contribution in [3.63, 3.8) is 0 Å². The molecule has 0 aromatic heterocycles. The molecule has 3 amide bonds. The van der Waals surface area contributed by atoms with Crippen molar-refractivity contribution >= 4 is 23.7 Å². The Morgan fingerprint density at radius 2 is 1.55 bits per heavy atom. The first-order valence-corrected chi connectivity index (χ1v) is 10.7. The molecule has 9 nitrogen and oxygen atoms in total. The molecule has 0 bridgehead atoms. The lowest BCUT2D eigenvalue weighted by atomic mass is 9.98. The number of alkyl carbamates (subject to hydrolysis) is 1. The third-order valence-corrected chi connectivity index (χ3v) is 4.84. The van der Waals surface area contributed by atoms with Crippen LogP contribution < -0.4 is 16.4 Å². The number of carbonyl (C=O) groups is 4. The van der Waals surface area contributed by atoms with Gasteiger partial charge >= 0.3 is 6.09 Å². The molecule has 1 unspecified atom stereocenters. The predicted molar refractivity (Wildman–Crippen MR) is 121 cm³/mol. The van der Waals surface area contributed by atoms with E-state index in [4.69, 9.17) is 10.5 Å². The van der Waals surface area contributed by atoms with Crippen molar-refractivity contribution in [2.75, 3.05) is 6.54 Å². The minimum absolute atomic E-state index is 0.0285. The number of hydrogen-bond donors (Lipinski definition) is 4. The highest BCUT2D eigenvalue weighted by Gasteiger charge is 2.30. The molecule has 0 radical (unpaired) electrons. The van der Waals surface area contributed by atoms with Gasteiger partial charge in [0.2, 0.25) is 5.91 Å². The topological polar surface area (TPSA) is 148 Å². The van der Waals surface area contributed by atoms with Gasteiger partial charge in [0, 0.05) is 13.0 Å². The fourth-order valence-electron chi connectivity index (χ4n) is 3.05. The van der Waals surface area contributed by atoms with E-state index in [-0.39, 0.29) is 26.0 Å². The number of ether oxygens (including phenoxy) is 1. The van der Waals surface area contributed by atoms with Crippen molar-refractivity contribution in [1.82, 2.24) is 10.6 Å². The minimum Gasteiger partial charge on any atom is -0.445 e. The van der Waals surface area contributed by atoms with Crippen LogP contribution in [0.5, 0.6) is 0 Å². The minimum atomic E-state index is -1.99. The van der Waals surface area contributed by atoms with Crippen molar-refractivity contribution in [1.29, 1.82) is 0 Å². The Labute approximate surface area is 192 Å². The summed E-state index contributed by atoms with van der Waals surface area (Å²) in [7, 11) is 0. The van der Waals surface area contributed by atoms with E-state index < -0.39 is 35.8 Å². The number of amides is 3. The second kappa shape index (κ2) is 13.6. The van der Waals surface area contributed by atoms with Gasteiger partial charge in [-0.3, -0.25) is 14.4 Å². The van der Waals surface area contributed by atoms with Crippen LogP contribution in [0, 0.1) is 0 Å². The van der Waals surface area contributed by atoms with E-state index in [1.165, 1.54) is 0 Å². The van der Waals surface area contributed by atoms with Gasteiger partial charge in [0.25, 0.3) is 5.91 Å². The van der Waals surface area contributed by atoms with Crippen LogP contribution in [0.15, 0.2) is 60.7 Å². The Morgan fingerprint density at radius 1 is 0.939 bits per heavy atom. The molecule has 2 aromatic rings. The fraction of sp³-hybridized carbons (Fsp3) is 0.333. The summed E-state index contributed by atoms with van der Waals surface area (Å²) in [5, 5.41) is 14.9. The van der Waals surface area contributed by atoms with Crippen LogP contribution in [0.1, 0.15) is 30.4 Å². The van der Waals surface area contributed by atoms with Gasteiger partial charge in [0.15, 0.2) is 11.9 Å². The molecule has 2 aromatic carbocycles. The Balaban J connectivity index is 1.76. The van der Waals surface area contributed by atoms with Gasteiger partial charge in [-0.2, -0.15) is 0 Å². The normalized spacial score (nSPS) is 12.3. The molecule has 0 aliphatic rings. The number of aryl methyl sites for hydroxylation is 1. The Hall–Kier alpha value is -3.72.